The summed E-state index contributed by atoms with van der Waals surface area (Å²) >= 11 is 1.66. The number of methoxy groups -OCH3 is 1. The molecule has 1 aromatic rings. The molecule has 0 spiro atoms. The van der Waals surface area contributed by atoms with Gasteiger partial charge in [0.1, 0.15) is 5.92 Å². The molecular weight excluding hydrogens is 276 g/mol. The summed E-state index contributed by atoms with van der Waals surface area (Å²) < 4.78 is 10.2. The van der Waals surface area contributed by atoms with E-state index in [2.05, 4.69) is 10.3 Å². The van der Waals surface area contributed by atoms with E-state index in [1.807, 2.05) is 6.92 Å². The van der Waals surface area contributed by atoms with Crippen LogP contribution in [0.3, 0.4) is 0 Å². The molecule has 0 aliphatic heterocycles. The van der Waals surface area contributed by atoms with Crippen molar-refractivity contribution < 1.29 is 14.3 Å². The van der Waals surface area contributed by atoms with Crippen LogP contribution in [0, 0.1) is 0 Å². The molecule has 112 valence electrons. The van der Waals surface area contributed by atoms with Gasteiger partial charge in [-0.3, -0.25) is 4.79 Å². The molecule has 0 fully saturated rings. The van der Waals surface area contributed by atoms with Gasteiger partial charge in [0.2, 0.25) is 0 Å². The fraction of sp³-hybridized carbons (Fsp3) is 0.714. The van der Waals surface area contributed by atoms with E-state index in [0.717, 1.165) is 49.7 Å². The Labute approximate surface area is 123 Å². The van der Waals surface area contributed by atoms with Crippen LogP contribution in [0.4, 0.5) is 5.13 Å². The summed E-state index contributed by atoms with van der Waals surface area (Å²) in [4.78, 5) is 17.8. The number of rotatable bonds is 7. The van der Waals surface area contributed by atoms with E-state index >= 15 is 0 Å². The molecule has 1 N–H and O–H groups in total. The highest BCUT2D eigenvalue weighted by Gasteiger charge is 2.31. The summed E-state index contributed by atoms with van der Waals surface area (Å²) in [5.41, 5.74) is 0.925. The molecule has 5 nitrogen and oxygen atoms in total. The van der Waals surface area contributed by atoms with Crippen LogP contribution in [0.2, 0.25) is 0 Å². The average Bonchev–Trinajstić information content (AvgIpc) is 2.86. The van der Waals surface area contributed by atoms with Gasteiger partial charge in [-0.15, -0.1) is 11.3 Å². The van der Waals surface area contributed by atoms with Crippen LogP contribution >= 0.6 is 11.3 Å². The fourth-order valence-electron chi connectivity index (χ4n) is 2.38. The number of thiazole rings is 1. The molecule has 2 rings (SSSR count). The van der Waals surface area contributed by atoms with E-state index in [1.165, 1.54) is 4.88 Å². The first-order chi connectivity index (χ1) is 9.76. The van der Waals surface area contributed by atoms with Gasteiger partial charge in [0.05, 0.1) is 12.3 Å². The topological polar surface area (TPSA) is 60.5 Å². The molecule has 1 aliphatic carbocycles. The van der Waals surface area contributed by atoms with Crippen LogP contribution in [-0.4, -0.2) is 37.8 Å². The quantitative estimate of drug-likeness (QED) is 0.619. The number of anilines is 1. The smallest absolute Gasteiger partial charge is 0.315 e. The zero-order chi connectivity index (χ0) is 14.4. The van der Waals surface area contributed by atoms with E-state index < -0.39 is 0 Å². The third-order valence-electron chi connectivity index (χ3n) is 3.33. The molecule has 0 aromatic carbocycles. The van der Waals surface area contributed by atoms with Crippen LogP contribution in [0.15, 0.2) is 0 Å². The van der Waals surface area contributed by atoms with Gasteiger partial charge in [-0.25, -0.2) is 4.98 Å². The largest absolute Gasteiger partial charge is 0.465 e. The predicted molar refractivity (Wildman–Crippen MR) is 79.4 cm³/mol. The van der Waals surface area contributed by atoms with Gasteiger partial charge in [-0.2, -0.15) is 0 Å². The maximum atomic E-state index is 12.0. The van der Waals surface area contributed by atoms with Crippen molar-refractivity contribution in [3.8, 4) is 0 Å². The molecule has 1 unspecified atom stereocenters. The Morgan fingerprint density at radius 1 is 1.55 bits per heavy atom. The summed E-state index contributed by atoms with van der Waals surface area (Å²) in [6.07, 6.45) is 3.84. The molecule has 0 saturated heterocycles. The lowest BCUT2D eigenvalue weighted by molar-refractivity contribution is -0.145. The zero-order valence-corrected chi connectivity index (χ0v) is 12.9. The minimum absolute atomic E-state index is 0.135. The standard InChI is InChI=1S/C14H22N2O3S/c1-3-19-13(17)10-6-4-7-11-12(10)16-14(20-11)15-8-5-9-18-2/h10H,3-9H2,1-2H3,(H,15,16). The highest BCUT2D eigenvalue weighted by Crippen LogP contribution is 2.37. The van der Waals surface area contributed by atoms with Gasteiger partial charge in [-0.05, 0) is 32.6 Å². The van der Waals surface area contributed by atoms with Crippen LogP contribution < -0.4 is 5.32 Å². The van der Waals surface area contributed by atoms with Crippen LogP contribution in [0.1, 0.15) is 42.7 Å². The second-order valence-electron chi connectivity index (χ2n) is 4.80. The number of esters is 1. The maximum absolute atomic E-state index is 12.0. The number of carbonyl (C=O) groups is 1. The monoisotopic (exact) mass is 298 g/mol. The van der Waals surface area contributed by atoms with E-state index in [-0.39, 0.29) is 11.9 Å². The molecule has 1 aromatic heterocycles. The number of nitrogens with one attached hydrogen (secondary N) is 1. The Morgan fingerprint density at radius 3 is 3.15 bits per heavy atom. The Hall–Kier alpha value is -1.14. The number of ether oxygens (including phenoxy) is 2. The van der Waals surface area contributed by atoms with Crippen LogP contribution in [0.25, 0.3) is 0 Å². The number of aryl methyl sites for hydroxylation is 1. The van der Waals surface area contributed by atoms with Crippen LogP contribution in [-0.2, 0) is 20.7 Å². The van der Waals surface area contributed by atoms with Crippen molar-refractivity contribution in [3.63, 3.8) is 0 Å². The molecular formula is C14H22N2O3S. The van der Waals surface area contributed by atoms with Crippen molar-refractivity contribution in [2.75, 3.05) is 32.2 Å². The van der Waals surface area contributed by atoms with Crippen molar-refractivity contribution in [2.24, 2.45) is 0 Å². The predicted octanol–water partition coefficient (Wildman–Crippen LogP) is 2.57. The minimum atomic E-state index is -0.176. The summed E-state index contributed by atoms with van der Waals surface area (Å²) in [6.45, 7) is 3.84. The van der Waals surface area contributed by atoms with E-state index in [1.54, 1.807) is 18.4 Å². The lowest BCUT2D eigenvalue weighted by Gasteiger charge is -2.19. The summed E-state index contributed by atoms with van der Waals surface area (Å²) in [6, 6.07) is 0. The van der Waals surface area contributed by atoms with Gasteiger partial charge in [0, 0.05) is 25.1 Å². The van der Waals surface area contributed by atoms with E-state index in [9.17, 15) is 4.79 Å². The molecule has 20 heavy (non-hydrogen) atoms. The molecule has 1 atom stereocenters. The summed E-state index contributed by atoms with van der Waals surface area (Å²) in [5.74, 6) is -0.311. The zero-order valence-electron chi connectivity index (χ0n) is 12.1. The minimum Gasteiger partial charge on any atom is -0.465 e. The van der Waals surface area contributed by atoms with Gasteiger partial charge in [-0.1, -0.05) is 0 Å². The molecule has 0 saturated carbocycles. The lowest BCUT2D eigenvalue weighted by Crippen LogP contribution is -2.20. The fourth-order valence-corrected chi connectivity index (χ4v) is 3.47. The number of hydrogen-bond donors (Lipinski definition) is 1. The van der Waals surface area contributed by atoms with Crippen molar-refractivity contribution in [3.05, 3.63) is 10.6 Å². The lowest BCUT2D eigenvalue weighted by atomic mass is 9.91. The van der Waals surface area contributed by atoms with Gasteiger partial charge >= 0.3 is 5.97 Å². The number of carbonyl (C=O) groups excluding carboxylic acids is 1. The molecule has 1 heterocycles. The summed E-state index contributed by atoms with van der Waals surface area (Å²) in [5, 5.41) is 4.21. The van der Waals surface area contributed by atoms with Gasteiger partial charge < -0.3 is 14.8 Å². The SMILES string of the molecule is CCOC(=O)C1CCCc2sc(NCCCOC)nc21. The van der Waals surface area contributed by atoms with Crippen molar-refractivity contribution in [1.82, 2.24) is 4.98 Å². The van der Waals surface area contributed by atoms with Crippen molar-refractivity contribution >= 4 is 22.4 Å². The molecule has 0 radical (unpaired) electrons. The molecule has 0 bridgehead atoms. The first-order valence-corrected chi connectivity index (χ1v) is 7.97. The average molecular weight is 298 g/mol. The maximum Gasteiger partial charge on any atom is 0.315 e. The Morgan fingerprint density at radius 2 is 2.40 bits per heavy atom. The van der Waals surface area contributed by atoms with Crippen LogP contribution in [0.5, 0.6) is 0 Å². The molecule has 0 amide bonds. The molecule has 1 aliphatic rings. The van der Waals surface area contributed by atoms with Crippen molar-refractivity contribution in [2.45, 2.75) is 38.5 Å². The number of hydrogen-bond acceptors (Lipinski definition) is 6. The second kappa shape index (κ2) is 7.59. The Bertz CT molecular complexity index is 448. The first kappa shape index (κ1) is 15.3. The van der Waals surface area contributed by atoms with Crippen molar-refractivity contribution in [1.29, 1.82) is 0 Å². The third kappa shape index (κ3) is 3.70. The Kier molecular flexibility index (Phi) is 5.79. The highest BCUT2D eigenvalue weighted by molar-refractivity contribution is 7.15. The van der Waals surface area contributed by atoms with Gasteiger partial charge in [0.25, 0.3) is 0 Å². The number of nitrogens with zero attached hydrogens (tertiary/aromatic N) is 1. The van der Waals surface area contributed by atoms with Gasteiger partial charge in [0.15, 0.2) is 5.13 Å². The summed E-state index contributed by atoms with van der Waals surface area (Å²) in [7, 11) is 1.70. The Balaban J connectivity index is 2.00. The second-order valence-corrected chi connectivity index (χ2v) is 5.88. The number of aromatic nitrogens is 1. The normalized spacial score (nSPS) is 17.6. The van der Waals surface area contributed by atoms with E-state index in [4.69, 9.17) is 9.47 Å². The third-order valence-corrected chi connectivity index (χ3v) is 4.42. The first-order valence-electron chi connectivity index (χ1n) is 7.15. The highest BCUT2D eigenvalue weighted by atomic mass is 32.1. The van der Waals surface area contributed by atoms with E-state index in [0.29, 0.717) is 6.61 Å². The molecule has 6 heteroatoms. The number of fused-ring (bicyclic) bond motifs is 1.